The molecule has 0 heterocycles. The zero-order valence-electron chi connectivity index (χ0n) is 11.2. The molecule has 0 saturated heterocycles. The first-order chi connectivity index (χ1) is 9.51. The molecule has 0 saturated carbocycles. The van der Waals surface area contributed by atoms with Crippen LogP contribution in [0.3, 0.4) is 0 Å². The number of ether oxygens (including phenoxy) is 1. The van der Waals surface area contributed by atoms with Gasteiger partial charge in [0.25, 0.3) is 0 Å². The molecule has 2 aromatic rings. The van der Waals surface area contributed by atoms with Gasteiger partial charge in [0.15, 0.2) is 5.78 Å². The highest BCUT2D eigenvalue weighted by atomic mass is 79.9. The van der Waals surface area contributed by atoms with Crippen LogP contribution in [0.15, 0.2) is 40.9 Å². The number of ketones is 1. The minimum Gasteiger partial charge on any atom is -0.496 e. The maximum atomic E-state index is 12.4. The third-order valence-corrected chi connectivity index (χ3v) is 3.81. The Bertz CT molecular complexity index is 653. The second-order valence-corrected chi connectivity index (χ2v) is 5.87. The van der Waals surface area contributed by atoms with Gasteiger partial charge in [-0.15, -0.1) is 0 Å². The lowest BCUT2D eigenvalue weighted by atomic mass is 9.99. The average Bonchev–Trinajstić information content (AvgIpc) is 2.38. The van der Waals surface area contributed by atoms with Crippen molar-refractivity contribution in [2.45, 2.75) is 13.3 Å². The summed E-state index contributed by atoms with van der Waals surface area (Å²) in [7, 11) is 1.60. The first-order valence-electron chi connectivity index (χ1n) is 6.13. The van der Waals surface area contributed by atoms with E-state index in [1.807, 2.05) is 25.1 Å². The molecule has 0 radical (unpaired) electrons. The fourth-order valence-corrected chi connectivity index (χ4v) is 2.73. The van der Waals surface area contributed by atoms with E-state index >= 15 is 0 Å². The molecule has 0 atom stereocenters. The first-order valence-corrected chi connectivity index (χ1v) is 7.30. The van der Waals surface area contributed by atoms with Gasteiger partial charge in [0.2, 0.25) is 0 Å². The van der Waals surface area contributed by atoms with Crippen LogP contribution in [0.1, 0.15) is 21.5 Å². The minimum atomic E-state index is 0.0515. The van der Waals surface area contributed by atoms with E-state index in [1.54, 1.807) is 25.3 Å². The largest absolute Gasteiger partial charge is 0.496 e. The van der Waals surface area contributed by atoms with Gasteiger partial charge in [0.1, 0.15) is 5.75 Å². The Kier molecular flexibility index (Phi) is 4.84. The van der Waals surface area contributed by atoms with Crippen LogP contribution in [0, 0.1) is 6.92 Å². The molecule has 2 rings (SSSR count). The summed E-state index contributed by atoms with van der Waals surface area (Å²) in [5.41, 5.74) is 2.44. The lowest BCUT2D eigenvalue weighted by Crippen LogP contribution is -2.07. The molecule has 0 spiro atoms. The molecular formula is C16H14BrClO2. The Hall–Kier alpha value is -1.32. The highest BCUT2D eigenvalue weighted by Gasteiger charge is 2.13. The van der Waals surface area contributed by atoms with Gasteiger partial charge in [-0.2, -0.15) is 0 Å². The molecule has 0 aromatic heterocycles. The monoisotopic (exact) mass is 352 g/mol. The molecule has 104 valence electrons. The Labute approximate surface area is 131 Å². The number of rotatable bonds is 4. The number of carbonyl (C=O) groups excluding carboxylic acids is 1. The zero-order chi connectivity index (χ0) is 14.7. The van der Waals surface area contributed by atoms with Crippen molar-refractivity contribution in [2.24, 2.45) is 0 Å². The van der Waals surface area contributed by atoms with Gasteiger partial charge in [-0.1, -0.05) is 27.5 Å². The van der Waals surface area contributed by atoms with Crippen molar-refractivity contribution in [1.29, 1.82) is 0 Å². The van der Waals surface area contributed by atoms with Crippen LogP contribution in [0.4, 0.5) is 0 Å². The normalized spacial score (nSPS) is 10.4. The quantitative estimate of drug-likeness (QED) is 0.735. The van der Waals surface area contributed by atoms with Crippen LogP contribution in [-0.2, 0) is 6.42 Å². The topological polar surface area (TPSA) is 26.3 Å². The molecule has 0 N–H and O–H groups in total. The van der Waals surface area contributed by atoms with E-state index in [0.717, 1.165) is 15.6 Å². The van der Waals surface area contributed by atoms with E-state index in [2.05, 4.69) is 15.9 Å². The molecule has 0 bridgehead atoms. The van der Waals surface area contributed by atoms with E-state index in [0.29, 0.717) is 22.8 Å². The van der Waals surface area contributed by atoms with Gasteiger partial charge in [-0.25, -0.2) is 0 Å². The van der Waals surface area contributed by atoms with E-state index in [9.17, 15) is 4.79 Å². The lowest BCUT2D eigenvalue weighted by molar-refractivity contribution is 0.0991. The maximum Gasteiger partial charge on any atom is 0.167 e. The molecule has 4 heteroatoms. The van der Waals surface area contributed by atoms with E-state index in [-0.39, 0.29) is 5.78 Å². The third-order valence-electron chi connectivity index (χ3n) is 3.08. The van der Waals surface area contributed by atoms with Gasteiger partial charge in [-0.05, 0) is 48.9 Å². The standard InChI is InChI=1S/C16H14BrClO2/c1-10-7-13(18)4-5-14(10)15(19)9-11-8-12(17)3-6-16(11)20-2/h3-8H,9H2,1-2H3. The molecule has 0 aliphatic carbocycles. The van der Waals surface area contributed by atoms with E-state index in [1.165, 1.54) is 0 Å². The van der Waals surface area contributed by atoms with Crippen LogP contribution >= 0.6 is 27.5 Å². The fourth-order valence-electron chi connectivity index (χ4n) is 2.09. The Morgan fingerprint density at radius 1 is 1.25 bits per heavy atom. The summed E-state index contributed by atoms with van der Waals surface area (Å²) in [6.07, 6.45) is 0.297. The number of methoxy groups -OCH3 is 1. The molecule has 2 aromatic carbocycles. The summed E-state index contributed by atoms with van der Waals surface area (Å²) in [5, 5.41) is 0.638. The number of aryl methyl sites for hydroxylation is 1. The van der Waals surface area contributed by atoms with Crippen molar-refractivity contribution in [3.8, 4) is 5.75 Å². The summed E-state index contributed by atoms with van der Waals surface area (Å²) in [6, 6.07) is 10.9. The summed E-state index contributed by atoms with van der Waals surface area (Å²) in [4.78, 5) is 12.4. The fraction of sp³-hybridized carbons (Fsp3) is 0.188. The van der Waals surface area contributed by atoms with Crippen molar-refractivity contribution >= 4 is 33.3 Å². The second-order valence-electron chi connectivity index (χ2n) is 4.52. The van der Waals surface area contributed by atoms with Gasteiger partial charge < -0.3 is 4.74 Å². The highest BCUT2D eigenvalue weighted by molar-refractivity contribution is 9.10. The summed E-state index contributed by atoms with van der Waals surface area (Å²) < 4.78 is 6.22. The van der Waals surface area contributed by atoms with Gasteiger partial charge >= 0.3 is 0 Å². The molecule has 20 heavy (non-hydrogen) atoms. The number of hydrogen-bond donors (Lipinski definition) is 0. The first kappa shape index (κ1) is 15.1. The average molecular weight is 354 g/mol. The van der Waals surface area contributed by atoms with Gasteiger partial charge in [-0.3, -0.25) is 4.79 Å². The maximum absolute atomic E-state index is 12.4. The van der Waals surface area contributed by atoms with Crippen LogP contribution in [0.25, 0.3) is 0 Å². The van der Waals surface area contributed by atoms with Crippen LogP contribution < -0.4 is 4.74 Å². The summed E-state index contributed by atoms with van der Waals surface area (Å²) >= 11 is 9.32. The van der Waals surface area contributed by atoms with Crippen molar-refractivity contribution in [2.75, 3.05) is 7.11 Å². The third kappa shape index (κ3) is 3.41. The Morgan fingerprint density at radius 3 is 2.65 bits per heavy atom. The Balaban J connectivity index is 2.30. The second kappa shape index (κ2) is 6.42. The Morgan fingerprint density at radius 2 is 2.00 bits per heavy atom. The minimum absolute atomic E-state index is 0.0515. The molecule has 2 nitrogen and oxygen atoms in total. The molecule has 0 amide bonds. The summed E-state index contributed by atoms with van der Waals surface area (Å²) in [5.74, 6) is 0.767. The molecular weight excluding hydrogens is 340 g/mol. The number of hydrogen-bond acceptors (Lipinski definition) is 2. The van der Waals surface area contributed by atoms with Crippen LogP contribution in [0.5, 0.6) is 5.75 Å². The lowest BCUT2D eigenvalue weighted by Gasteiger charge is -2.10. The number of carbonyl (C=O) groups is 1. The molecule has 0 aliphatic rings. The predicted molar refractivity (Wildman–Crippen MR) is 84.9 cm³/mol. The van der Waals surface area contributed by atoms with Crippen LogP contribution in [0.2, 0.25) is 5.02 Å². The van der Waals surface area contributed by atoms with Crippen LogP contribution in [-0.4, -0.2) is 12.9 Å². The van der Waals surface area contributed by atoms with Gasteiger partial charge in [0, 0.05) is 27.0 Å². The number of Topliss-reactive ketones (excluding diaryl/α,β-unsaturated/α-hetero) is 1. The highest BCUT2D eigenvalue weighted by Crippen LogP contribution is 2.25. The molecule has 0 aliphatic heterocycles. The van der Waals surface area contributed by atoms with Gasteiger partial charge in [0.05, 0.1) is 7.11 Å². The van der Waals surface area contributed by atoms with Crippen molar-refractivity contribution in [3.63, 3.8) is 0 Å². The molecule has 0 fully saturated rings. The van der Waals surface area contributed by atoms with Crippen molar-refractivity contribution < 1.29 is 9.53 Å². The SMILES string of the molecule is COc1ccc(Br)cc1CC(=O)c1ccc(Cl)cc1C. The summed E-state index contributed by atoms with van der Waals surface area (Å²) in [6.45, 7) is 1.89. The van der Waals surface area contributed by atoms with Crippen molar-refractivity contribution in [1.82, 2.24) is 0 Å². The zero-order valence-corrected chi connectivity index (χ0v) is 13.6. The predicted octanol–water partition coefficient (Wildman–Crippen LogP) is 4.84. The van der Waals surface area contributed by atoms with E-state index < -0.39 is 0 Å². The number of benzene rings is 2. The number of halogens is 2. The van der Waals surface area contributed by atoms with E-state index in [4.69, 9.17) is 16.3 Å². The molecule has 0 unspecified atom stereocenters. The van der Waals surface area contributed by atoms with Crippen molar-refractivity contribution in [3.05, 3.63) is 62.6 Å². The smallest absolute Gasteiger partial charge is 0.167 e.